The summed E-state index contributed by atoms with van der Waals surface area (Å²) in [5.41, 5.74) is 0.0728. The van der Waals surface area contributed by atoms with E-state index >= 15 is 0 Å². The van der Waals surface area contributed by atoms with Crippen molar-refractivity contribution >= 4 is 54.9 Å². The van der Waals surface area contributed by atoms with Crippen molar-refractivity contribution in [2.75, 3.05) is 7.11 Å². The lowest BCUT2D eigenvalue weighted by Crippen LogP contribution is -1.98. The molecule has 0 aliphatic rings. The molecule has 0 amide bonds. The number of carbonyl (C=O) groups is 1. The van der Waals surface area contributed by atoms with Crippen LogP contribution in [0.1, 0.15) is 9.67 Å². The number of ether oxygens (including phenoxy) is 1. The van der Waals surface area contributed by atoms with Gasteiger partial charge < -0.3 is 4.74 Å². The van der Waals surface area contributed by atoms with Crippen LogP contribution in [-0.2, 0) is 4.74 Å². The molecule has 0 aliphatic carbocycles. The van der Waals surface area contributed by atoms with Crippen LogP contribution >= 0.6 is 43.2 Å². The third kappa shape index (κ3) is 2.89. The lowest BCUT2D eigenvalue weighted by molar-refractivity contribution is -0.384. The van der Waals surface area contributed by atoms with E-state index in [4.69, 9.17) is 0 Å². The van der Waals surface area contributed by atoms with Crippen molar-refractivity contribution in [3.8, 4) is 10.6 Å². The minimum atomic E-state index is -0.515. The third-order valence-electron chi connectivity index (χ3n) is 2.32. The quantitative estimate of drug-likeness (QED) is 0.424. The number of rotatable bonds is 3. The lowest BCUT2D eigenvalue weighted by Gasteiger charge is -1.99. The summed E-state index contributed by atoms with van der Waals surface area (Å²) in [6.45, 7) is 0. The number of hydrogen-bond donors (Lipinski definition) is 0. The van der Waals surface area contributed by atoms with Gasteiger partial charge in [0.1, 0.15) is 4.88 Å². The summed E-state index contributed by atoms with van der Waals surface area (Å²) in [7, 11) is 1.27. The van der Waals surface area contributed by atoms with Crippen molar-refractivity contribution < 1.29 is 14.5 Å². The Kier molecular flexibility index (Phi) is 4.51. The zero-order valence-electron chi connectivity index (χ0n) is 9.92. The highest BCUT2D eigenvalue weighted by atomic mass is 79.9. The van der Waals surface area contributed by atoms with Gasteiger partial charge in [0.05, 0.1) is 16.9 Å². The Morgan fingerprint density at radius 1 is 1.45 bits per heavy atom. The maximum absolute atomic E-state index is 11.5. The van der Waals surface area contributed by atoms with Crippen LogP contribution in [0, 0.1) is 10.1 Å². The largest absolute Gasteiger partial charge is 0.465 e. The molecular formula is C11H6Br2N2O4S. The Hall–Kier alpha value is -1.32. The molecule has 2 heterocycles. The van der Waals surface area contributed by atoms with E-state index in [9.17, 15) is 14.9 Å². The molecule has 2 rings (SSSR count). The maximum Gasteiger partial charge on any atom is 0.349 e. The van der Waals surface area contributed by atoms with Crippen molar-refractivity contribution in [2.45, 2.75) is 0 Å². The molecule has 0 spiro atoms. The smallest absolute Gasteiger partial charge is 0.349 e. The Morgan fingerprint density at radius 2 is 2.15 bits per heavy atom. The molecule has 0 unspecified atom stereocenters. The van der Waals surface area contributed by atoms with Gasteiger partial charge in [-0.2, -0.15) is 0 Å². The van der Waals surface area contributed by atoms with Crippen LogP contribution in [0.2, 0.25) is 0 Å². The number of nitro groups is 1. The lowest BCUT2D eigenvalue weighted by atomic mass is 10.2. The van der Waals surface area contributed by atoms with Gasteiger partial charge in [0.15, 0.2) is 5.69 Å². The standard InChI is InChI=1S/C11H6Br2N2O4S/c1-19-11(16)10-6(13)3-8(20-10)9-7(15(17)18)2-5(12)4-14-9/h2-4H,1H3. The van der Waals surface area contributed by atoms with Gasteiger partial charge in [0, 0.05) is 21.2 Å². The first-order valence-corrected chi connectivity index (χ1v) is 7.52. The number of carbonyl (C=O) groups excluding carboxylic acids is 1. The molecule has 0 N–H and O–H groups in total. The van der Waals surface area contributed by atoms with E-state index in [1.165, 1.54) is 19.4 Å². The van der Waals surface area contributed by atoms with Gasteiger partial charge in [-0.05, 0) is 37.9 Å². The third-order valence-corrected chi connectivity index (χ3v) is 4.77. The number of esters is 1. The van der Waals surface area contributed by atoms with Gasteiger partial charge in [-0.15, -0.1) is 11.3 Å². The molecule has 0 bridgehead atoms. The number of nitrogens with zero attached hydrogens (tertiary/aromatic N) is 2. The van der Waals surface area contributed by atoms with E-state index in [1.54, 1.807) is 6.07 Å². The van der Waals surface area contributed by atoms with E-state index in [0.29, 0.717) is 18.7 Å². The Balaban J connectivity index is 2.58. The SMILES string of the molecule is COC(=O)c1sc(-c2ncc(Br)cc2[N+](=O)[O-])cc1Br. The zero-order chi connectivity index (χ0) is 14.9. The van der Waals surface area contributed by atoms with E-state index < -0.39 is 10.9 Å². The van der Waals surface area contributed by atoms with E-state index in [0.717, 1.165) is 11.3 Å². The van der Waals surface area contributed by atoms with Crippen molar-refractivity contribution in [2.24, 2.45) is 0 Å². The number of aromatic nitrogens is 1. The van der Waals surface area contributed by atoms with E-state index in [1.807, 2.05) is 0 Å². The normalized spacial score (nSPS) is 10.3. The van der Waals surface area contributed by atoms with Gasteiger partial charge in [-0.3, -0.25) is 10.1 Å². The van der Waals surface area contributed by atoms with Crippen molar-refractivity contribution in [3.05, 3.63) is 42.3 Å². The van der Waals surface area contributed by atoms with Crippen LogP contribution in [0.5, 0.6) is 0 Å². The Bertz CT molecular complexity index is 702. The summed E-state index contributed by atoms with van der Waals surface area (Å²) in [5.74, 6) is -0.507. The van der Waals surface area contributed by atoms with Gasteiger partial charge in [0.2, 0.25) is 0 Å². The van der Waals surface area contributed by atoms with E-state index in [2.05, 4.69) is 41.6 Å². The topological polar surface area (TPSA) is 82.3 Å². The second-order valence-electron chi connectivity index (χ2n) is 3.56. The van der Waals surface area contributed by atoms with E-state index in [-0.39, 0.29) is 11.4 Å². The molecule has 0 fully saturated rings. The first-order chi connectivity index (χ1) is 9.43. The number of pyridine rings is 1. The highest BCUT2D eigenvalue weighted by Crippen LogP contribution is 2.38. The second kappa shape index (κ2) is 5.98. The fourth-order valence-electron chi connectivity index (χ4n) is 1.47. The summed E-state index contributed by atoms with van der Waals surface area (Å²) < 4.78 is 5.67. The highest BCUT2D eigenvalue weighted by molar-refractivity contribution is 9.10. The molecular weight excluding hydrogens is 416 g/mol. The molecule has 2 aromatic heterocycles. The molecule has 2 aromatic rings. The number of methoxy groups -OCH3 is 1. The molecule has 0 aliphatic heterocycles. The number of thiophene rings is 1. The molecule has 0 saturated heterocycles. The van der Waals surface area contributed by atoms with Crippen LogP contribution < -0.4 is 0 Å². The fraction of sp³-hybridized carbons (Fsp3) is 0.0909. The fourth-order valence-corrected chi connectivity index (χ4v) is 3.55. The van der Waals surface area contributed by atoms with Crippen LogP contribution in [0.25, 0.3) is 10.6 Å². The molecule has 0 radical (unpaired) electrons. The molecule has 104 valence electrons. The zero-order valence-corrected chi connectivity index (χ0v) is 13.9. The molecule has 0 saturated carbocycles. The number of halogens is 2. The van der Waals surface area contributed by atoms with Crippen LogP contribution in [0.3, 0.4) is 0 Å². The first-order valence-electron chi connectivity index (χ1n) is 5.12. The summed E-state index contributed by atoms with van der Waals surface area (Å²) in [4.78, 5) is 27.0. The Labute approximate surface area is 134 Å². The predicted octanol–water partition coefficient (Wildman–Crippen LogP) is 4.03. The second-order valence-corrected chi connectivity index (χ2v) is 6.38. The summed E-state index contributed by atoms with van der Waals surface area (Å²) in [5, 5.41) is 11.1. The highest BCUT2D eigenvalue weighted by Gasteiger charge is 2.23. The van der Waals surface area contributed by atoms with Gasteiger partial charge >= 0.3 is 5.97 Å². The van der Waals surface area contributed by atoms with Crippen molar-refractivity contribution in [3.63, 3.8) is 0 Å². The molecule has 20 heavy (non-hydrogen) atoms. The maximum atomic E-state index is 11.5. The summed E-state index contributed by atoms with van der Waals surface area (Å²) >= 11 is 7.46. The van der Waals surface area contributed by atoms with Crippen LogP contribution in [0.15, 0.2) is 27.3 Å². The summed E-state index contributed by atoms with van der Waals surface area (Å²) in [6, 6.07) is 2.98. The van der Waals surface area contributed by atoms with Crippen LogP contribution in [0.4, 0.5) is 5.69 Å². The number of hydrogen-bond acceptors (Lipinski definition) is 6. The molecule has 0 aromatic carbocycles. The van der Waals surface area contributed by atoms with Crippen molar-refractivity contribution in [1.29, 1.82) is 0 Å². The van der Waals surface area contributed by atoms with Crippen molar-refractivity contribution in [1.82, 2.24) is 4.98 Å². The average molecular weight is 422 g/mol. The minimum Gasteiger partial charge on any atom is -0.465 e. The summed E-state index contributed by atoms with van der Waals surface area (Å²) in [6.07, 6.45) is 1.47. The predicted molar refractivity (Wildman–Crippen MR) is 80.9 cm³/mol. The van der Waals surface area contributed by atoms with Gasteiger partial charge in [-0.1, -0.05) is 0 Å². The van der Waals surface area contributed by atoms with Gasteiger partial charge in [-0.25, -0.2) is 9.78 Å². The minimum absolute atomic E-state index is 0.135. The molecule has 9 heteroatoms. The Morgan fingerprint density at radius 3 is 2.75 bits per heavy atom. The monoisotopic (exact) mass is 420 g/mol. The first kappa shape index (κ1) is 15.1. The van der Waals surface area contributed by atoms with Gasteiger partial charge in [0.25, 0.3) is 5.69 Å². The average Bonchev–Trinajstić information content (AvgIpc) is 2.79. The molecule has 0 atom stereocenters. The molecule has 6 nitrogen and oxygen atoms in total. The van der Waals surface area contributed by atoms with Crippen LogP contribution in [-0.4, -0.2) is 23.0 Å².